The lowest BCUT2D eigenvalue weighted by molar-refractivity contribution is -0.136. The number of ether oxygens (including phenoxy) is 2. The van der Waals surface area contributed by atoms with Crippen molar-refractivity contribution in [1.29, 1.82) is 0 Å². The number of carbonyl (C=O) groups is 1. The summed E-state index contributed by atoms with van der Waals surface area (Å²) in [6.45, 7) is 4.35. The van der Waals surface area contributed by atoms with Crippen molar-refractivity contribution < 1.29 is 19.4 Å². The van der Waals surface area contributed by atoms with Crippen LogP contribution in [-0.4, -0.2) is 37.7 Å². The van der Waals surface area contributed by atoms with Crippen LogP contribution in [0.4, 0.5) is 0 Å². The molecule has 0 amide bonds. The Hall–Kier alpha value is -1.72. The highest BCUT2D eigenvalue weighted by molar-refractivity contribution is 6.18. The summed E-state index contributed by atoms with van der Waals surface area (Å²) in [5, 5.41) is 9.35. The van der Waals surface area contributed by atoms with Crippen LogP contribution >= 0.6 is 0 Å². The van der Waals surface area contributed by atoms with Crippen LogP contribution in [0.1, 0.15) is 13.8 Å². The number of carbonyl (C=O) groups excluding carboxylic acids is 1. The van der Waals surface area contributed by atoms with Gasteiger partial charge in [-0.15, -0.1) is 0 Å². The van der Waals surface area contributed by atoms with Crippen molar-refractivity contribution in [3.63, 3.8) is 0 Å². The van der Waals surface area contributed by atoms with E-state index >= 15 is 0 Å². The standard InChI is InChI=1S/C10H18N2O4/c1-6(2)5-12-8(11)7(9(13)15-3)10(14)16-4/h6,13H,5H2,1-4H3,(H2,11,12)/b9-7+. The first-order chi connectivity index (χ1) is 7.43. The van der Waals surface area contributed by atoms with Crippen LogP contribution in [0, 0.1) is 5.92 Å². The van der Waals surface area contributed by atoms with Gasteiger partial charge in [0.2, 0.25) is 0 Å². The van der Waals surface area contributed by atoms with Crippen molar-refractivity contribution in [3.8, 4) is 0 Å². The number of nitrogens with zero attached hydrogens (tertiary/aromatic N) is 1. The normalized spacial score (nSPS) is 13.4. The van der Waals surface area contributed by atoms with Gasteiger partial charge in [-0.05, 0) is 5.92 Å². The second-order valence-electron chi connectivity index (χ2n) is 3.50. The van der Waals surface area contributed by atoms with Crippen LogP contribution in [0.25, 0.3) is 0 Å². The van der Waals surface area contributed by atoms with Gasteiger partial charge < -0.3 is 20.3 Å². The maximum absolute atomic E-state index is 11.3. The fourth-order valence-corrected chi connectivity index (χ4v) is 0.866. The van der Waals surface area contributed by atoms with Gasteiger partial charge in [0.05, 0.1) is 14.2 Å². The summed E-state index contributed by atoms with van der Waals surface area (Å²) in [6.07, 6.45) is 0. The van der Waals surface area contributed by atoms with Crippen LogP contribution in [0.5, 0.6) is 0 Å². The predicted octanol–water partition coefficient (Wildman–Crippen LogP) is 0.589. The highest BCUT2D eigenvalue weighted by atomic mass is 16.6. The Morgan fingerprint density at radius 3 is 2.31 bits per heavy atom. The maximum atomic E-state index is 11.3. The number of methoxy groups -OCH3 is 2. The first-order valence-corrected chi connectivity index (χ1v) is 4.79. The van der Waals surface area contributed by atoms with Crippen molar-refractivity contribution >= 4 is 11.8 Å². The van der Waals surface area contributed by atoms with Gasteiger partial charge in [0.25, 0.3) is 5.95 Å². The number of aliphatic hydroxyl groups is 1. The molecule has 3 N–H and O–H groups in total. The van der Waals surface area contributed by atoms with Gasteiger partial charge in [0.15, 0.2) is 5.57 Å². The zero-order valence-corrected chi connectivity index (χ0v) is 9.98. The zero-order valence-electron chi connectivity index (χ0n) is 9.98. The third-order valence-electron chi connectivity index (χ3n) is 1.68. The fourth-order valence-electron chi connectivity index (χ4n) is 0.866. The largest absolute Gasteiger partial charge is 0.480 e. The van der Waals surface area contributed by atoms with E-state index in [9.17, 15) is 9.90 Å². The van der Waals surface area contributed by atoms with Crippen LogP contribution in [0.15, 0.2) is 16.5 Å². The highest BCUT2D eigenvalue weighted by Gasteiger charge is 2.21. The molecule has 0 rings (SSSR count). The number of hydrogen-bond acceptors (Lipinski definition) is 5. The molecule has 0 aliphatic carbocycles. The number of aliphatic imine (C=N–C) groups is 1. The number of hydrogen-bond donors (Lipinski definition) is 2. The molecule has 0 atom stereocenters. The van der Waals surface area contributed by atoms with Gasteiger partial charge >= 0.3 is 5.97 Å². The number of nitrogens with two attached hydrogens (primary N) is 1. The van der Waals surface area contributed by atoms with Crippen LogP contribution in [0.3, 0.4) is 0 Å². The molecule has 0 saturated heterocycles. The SMILES string of the molecule is COC(=O)/C(C(N)=NCC(C)C)=C(\O)OC. The molecule has 0 unspecified atom stereocenters. The molecule has 0 saturated carbocycles. The molecule has 0 radical (unpaired) electrons. The first kappa shape index (κ1) is 14.3. The average molecular weight is 230 g/mol. The van der Waals surface area contributed by atoms with Crippen LogP contribution in [-0.2, 0) is 14.3 Å². The third kappa shape index (κ3) is 4.20. The average Bonchev–Trinajstić information content (AvgIpc) is 2.25. The van der Waals surface area contributed by atoms with E-state index in [0.717, 1.165) is 0 Å². The summed E-state index contributed by atoms with van der Waals surface area (Å²) in [4.78, 5) is 15.3. The van der Waals surface area contributed by atoms with Gasteiger partial charge in [-0.3, -0.25) is 4.99 Å². The maximum Gasteiger partial charge on any atom is 0.348 e. The Bertz CT molecular complexity index is 308. The van der Waals surface area contributed by atoms with Gasteiger partial charge in [-0.2, -0.15) is 0 Å². The summed E-state index contributed by atoms with van der Waals surface area (Å²) < 4.78 is 9.00. The van der Waals surface area contributed by atoms with E-state index in [-0.39, 0.29) is 11.4 Å². The lowest BCUT2D eigenvalue weighted by Gasteiger charge is -2.08. The lowest BCUT2D eigenvalue weighted by atomic mass is 10.2. The van der Waals surface area contributed by atoms with E-state index in [0.29, 0.717) is 12.5 Å². The van der Waals surface area contributed by atoms with E-state index < -0.39 is 11.9 Å². The van der Waals surface area contributed by atoms with Gasteiger partial charge in [0.1, 0.15) is 5.84 Å². The van der Waals surface area contributed by atoms with Crippen molar-refractivity contribution in [3.05, 3.63) is 11.5 Å². The number of amidine groups is 1. The molecule has 0 spiro atoms. The Kier molecular flexibility index (Phi) is 5.99. The summed E-state index contributed by atoms with van der Waals surface area (Å²) in [6, 6.07) is 0. The van der Waals surface area contributed by atoms with E-state index in [1.807, 2.05) is 13.8 Å². The molecule has 0 aliphatic heterocycles. The third-order valence-corrected chi connectivity index (χ3v) is 1.68. The minimum absolute atomic E-state index is 0.0973. The number of rotatable bonds is 5. The Labute approximate surface area is 94.8 Å². The molecule has 16 heavy (non-hydrogen) atoms. The monoisotopic (exact) mass is 230 g/mol. The minimum atomic E-state index is -0.788. The summed E-state index contributed by atoms with van der Waals surface area (Å²) in [5.74, 6) is -1.19. The summed E-state index contributed by atoms with van der Waals surface area (Å²) in [5.41, 5.74) is 5.31. The lowest BCUT2D eigenvalue weighted by Crippen LogP contribution is -2.25. The molecule has 0 aromatic heterocycles. The summed E-state index contributed by atoms with van der Waals surface area (Å²) >= 11 is 0. The first-order valence-electron chi connectivity index (χ1n) is 4.79. The van der Waals surface area contributed by atoms with Gasteiger partial charge in [-0.25, -0.2) is 4.79 Å². The minimum Gasteiger partial charge on any atom is -0.480 e. The molecule has 0 bridgehead atoms. The molecular weight excluding hydrogens is 212 g/mol. The molecule has 0 aromatic carbocycles. The quantitative estimate of drug-likeness (QED) is 0.237. The Morgan fingerprint density at radius 1 is 1.38 bits per heavy atom. The predicted molar refractivity (Wildman–Crippen MR) is 60.0 cm³/mol. The topological polar surface area (TPSA) is 94.1 Å². The Morgan fingerprint density at radius 2 is 1.94 bits per heavy atom. The molecular formula is C10H18N2O4. The molecule has 0 fully saturated rings. The molecule has 0 aromatic rings. The van der Waals surface area contributed by atoms with Gasteiger partial charge in [0, 0.05) is 6.54 Å². The molecule has 6 heteroatoms. The smallest absolute Gasteiger partial charge is 0.348 e. The van der Waals surface area contributed by atoms with E-state index in [4.69, 9.17) is 5.73 Å². The van der Waals surface area contributed by atoms with Crippen molar-refractivity contribution in [2.45, 2.75) is 13.8 Å². The second kappa shape index (κ2) is 6.71. The summed E-state index contributed by atoms with van der Waals surface area (Å²) in [7, 11) is 2.40. The zero-order chi connectivity index (χ0) is 12.7. The van der Waals surface area contributed by atoms with Crippen molar-refractivity contribution in [2.75, 3.05) is 20.8 Å². The molecule has 0 aliphatic rings. The van der Waals surface area contributed by atoms with Crippen molar-refractivity contribution in [1.82, 2.24) is 0 Å². The molecule has 6 nitrogen and oxygen atoms in total. The number of esters is 1. The Balaban J connectivity index is 5.06. The van der Waals surface area contributed by atoms with Crippen molar-refractivity contribution in [2.24, 2.45) is 16.6 Å². The highest BCUT2D eigenvalue weighted by Crippen LogP contribution is 2.06. The van der Waals surface area contributed by atoms with E-state index in [2.05, 4.69) is 14.5 Å². The van der Waals surface area contributed by atoms with Crippen LogP contribution < -0.4 is 5.73 Å². The van der Waals surface area contributed by atoms with E-state index in [1.54, 1.807) is 0 Å². The number of aliphatic hydroxyl groups excluding tert-OH is 1. The van der Waals surface area contributed by atoms with Crippen LogP contribution in [0.2, 0.25) is 0 Å². The second-order valence-corrected chi connectivity index (χ2v) is 3.50. The molecule has 92 valence electrons. The van der Waals surface area contributed by atoms with Gasteiger partial charge in [-0.1, -0.05) is 13.8 Å². The fraction of sp³-hybridized carbons (Fsp3) is 0.600. The molecule has 0 heterocycles. The van der Waals surface area contributed by atoms with E-state index in [1.165, 1.54) is 14.2 Å².